The molecule has 29 heavy (non-hydrogen) atoms. The summed E-state index contributed by atoms with van der Waals surface area (Å²) >= 11 is 1.63. The van der Waals surface area contributed by atoms with Crippen LogP contribution in [0.25, 0.3) is 10.9 Å². The van der Waals surface area contributed by atoms with Crippen molar-refractivity contribution in [2.45, 2.75) is 54.8 Å². The van der Waals surface area contributed by atoms with Crippen LogP contribution in [-0.4, -0.2) is 45.6 Å². The van der Waals surface area contributed by atoms with Gasteiger partial charge in [-0.2, -0.15) is 4.31 Å². The Hall–Kier alpha value is -1.90. The minimum absolute atomic E-state index is 0.186. The van der Waals surface area contributed by atoms with Crippen molar-refractivity contribution in [2.24, 2.45) is 0 Å². The summed E-state index contributed by atoms with van der Waals surface area (Å²) in [5.41, 5.74) is 2.32. The third kappa shape index (κ3) is 3.93. The highest BCUT2D eigenvalue weighted by Crippen LogP contribution is 2.35. The Bertz CT molecular complexity index is 1110. The summed E-state index contributed by atoms with van der Waals surface area (Å²) in [7, 11) is -3.53. The highest BCUT2D eigenvalue weighted by Gasteiger charge is 2.34. The van der Waals surface area contributed by atoms with E-state index in [0.29, 0.717) is 18.3 Å². The van der Waals surface area contributed by atoms with Gasteiger partial charge in [0, 0.05) is 54.8 Å². The first kappa shape index (κ1) is 20.4. The van der Waals surface area contributed by atoms with Crippen molar-refractivity contribution in [2.75, 3.05) is 13.1 Å². The molecule has 1 atom stereocenters. The normalized spacial score (nSPS) is 18.1. The summed E-state index contributed by atoms with van der Waals surface area (Å²) in [6.07, 6.45) is 8.15. The second-order valence-corrected chi connectivity index (χ2v) is 11.1. The van der Waals surface area contributed by atoms with Gasteiger partial charge in [-0.3, -0.25) is 4.98 Å². The SMILES string of the molecule is CCn1cc(C2CCN(S(=O)(=O)c3ccc(SC(C)C)nc3)C2)c2ccncc21. The molecule has 4 heterocycles. The Morgan fingerprint density at radius 3 is 2.76 bits per heavy atom. The first-order valence-electron chi connectivity index (χ1n) is 9.95. The van der Waals surface area contributed by atoms with Gasteiger partial charge in [0.1, 0.15) is 4.90 Å². The molecule has 1 fully saturated rings. The van der Waals surface area contributed by atoms with E-state index in [1.54, 1.807) is 34.4 Å². The lowest BCUT2D eigenvalue weighted by Crippen LogP contribution is -2.28. The Kier molecular flexibility index (Phi) is 5.68. The minimum Gasteiger partial charge on any atom is -0.346 e. The third-order valence-corrected chi connectivity index (χ3v) is 8.15. The van der Waals surface area contributed by atoms with E-state index in [2.05, 4.69) is 41.5 Å². The molecule has 1 aliphatic heterocycles. The smallest absolute Gasteiger partial charge is 0.244 e. The van der Waals surface area contributed by atoms with E-state index >= 15 is 0 Å². The van der Waals surface area contributed by atoms with Crippen LogP contribution < -0.4 is 0 Å². The van der Waals surface area contributed by atoms with E-state index in [1.165, 1.54) is 17.1 Å². The van der Waals surface area contributed by atoms with Crippen LogP contribution in [0.1, 0.15) is 38.7 Å². The lowest BCUT2D eigenvalue weighted by atomic mass is 9.98. The lowest BCUT2D eigenvalue weighted by Gasteiger charge is -2.16. The number of sulfonamides is 1. The number of aryl methyl sites for hydroxylation is 1. The van der Waals surface area contributed by atoms with Gasteiger partial charge < -0.3 is 4.57 Å². The predicted molar refractivity (Wildman–Crippen MR) is 117 cm³/mol. The zero-order valence-electron chi connectivity index (χ0n) is 16.9. The molecule has 0 radical (unpaired) electrons. The van der Waals surface area contributed by atoms with Gasteiger partial charge in [-0.15, -0.1) is 11.8 Å². The molecule has 3 aromatic rings. The molecular weight excluding hydrogens is 404 g/mol. The molecule has 0 spiro atoms. The van der Waals surface area contributed by atoms with Crippen molar-refractivity contribution >= 4 is 32.7 Å². The van der Waals surface area contributed by atoms with Crippen molar-refractivity contribution in [3.63, 3.8) is 0 Å². The van der Waals surface area contributed by atoms with Crippen molar-refractivity contribution < 1.29 is 8.42 Å². The number of hydrogen-bond acceptors (Lipinski definition) is 5. The minimum atomic E-state index is -3.53. The van der Waals surface area contributed by atoms with Crippen molar-refractivity contribution in [1.82, 2.24) is 18.8 Å². The van der Waals surface area contributed by atoms with E-state index in [9.17, 15) is 8.42 Å². The summed E-state index contributed by atoms with van der Waals surface area (Å²) in [4.78, 5) is 8.85. The fourth-order valence-corrected chi connectivity index (χ4v) is 6.12. The molecular formula is C21H26N4O2S2. The van der Waals surface area contributed by atoms with Crippen LogP contribution in [-0.2, 0) is 16.6 Å². The fraction of sp³-hybridized carbons (Fsp3) is 0.429. The number of fused-ring (bicyclic) bond motifs is 1. The molecule has 0 aromatic carbocycles. The molecule has 0 bridgehead atoms. The largest absolute Gasteiger partial charge is 0.346 e. The molecule has 154 valence electrons. The van der Waals surface area contributed by atoms with E-state index in [0.717, 1.165) is 23.5 Å². The summed E-state index contributed by atoms with van der Waals surface area (Å²) in [6, 6.07) is 5.50. The number of thioether (sulfide) groups is 1. The lowest BCUT2D eigenvalue weighted by molar-refractivity contribution is 0.472. The van der Waals surface area contributed by atoms with E-state index < -0.39 is 10.0 Å². The van der Waals surface area contributed by atoms with Gasteiger partial charge in [-0.1, -0.05) is 13.8 Å². The molecule has 1 unspecified atom stereocenters. The van der Waals surface area contributed by atoms with Crippen LogP contribution in [0.4, 0.5) is 0 Å². The van der Waals surface area contributed by atoms with Gasteiger partial charge in [0.2, 0.25) is 10.0 Å². The second-order valence-electron chi connectivity index (χ2n) is 7.61. The van der Waals surface area contributed by atoms with Gasteiger partial charge in [-0.25, -0.2) is 13.4 Å². The fourth-order valence-electron chi connectivity index (χ4n) is 3.93. The van der Waals surface area contributed by atoms with Crippen LogP contribution in [0.3, 0.4) is 0 Å². The van der Waals surface area contributed by atoms with E-state index in [4.69, 9.17) is 0 Å². The van der Waals surface area contributed by atoms with E-state index in [-0.39, 0.29) is 10.8 Å². The number of rotatable bonds is 6. The van der Waals surface area contributed by atoms with Crippen LogP contribution >= 0.6 is 11.8 Å². The van der Waals surface area contributed by atoms with Crippen LogP contribution in [0, 0.1) is 0 Å². The summed E-state index contributed by atoms with van der Waals surface area (Å²) < 4.78 is 30.0. The zero-order chi connectivity index (χ0) is 20.6. The second kappa shape index (κ2) is 8.08. The number of pyridine rings is 2. The number of aromatic nitrogens is 3. The van der Waals surface area contributed by atoms with Crippen LogP contribution in [0.2, 0.25) is 0 Å². The van der Waals surface area contributed by atoms with Crippen molar-refractivity contribution in [3.05, 3.63) is 48.5 Å². The maximum Gasteiger partial charge on any atom is 0.244 e. The van der Waals surface area contributed by atoms with Crippen molar-refractivity contribution in [1.29, 1.82) is 0 Å². The average molecular weight is 431 g/mol. The number of hydrogen-bond donors (Lipinski definition) is 0. The van der Waals surface area contributed by atoms with Crippen LogP contribution in [0.5, 0.6) is 0 Å². The Balaban J connectivity index is 1.57. The highest BCUT2D eigenvalue weighted by molar-refractivity contribution is 7.99. The van der Waals surface area contributed by atoms with Gasteiger partial charge in [0.15, 0.2) is 0 Å². The molecule has 0 saturated carbocycles. The van der Waals surface area contributed by atoms with Gasteiger partial charge >= 0.3 is 0 Å². The van der Waals surface area contributed by atoms with E-state index in [1.807, 2.05) is 12.3 Å². The molecule has 8 heteroatoms. The Morgan fingerprint density at radius 2 is 2.07 bits per heavy atom. The summed E-state index contributed by atoms with van der Waals surface area (Å²) in [5.74, 6) is 0.186. The monoisotopic (exact) mass is 430 g/mol. The first-order valence-corrected chi connectivity index (χ1v) is 12.3. The standard InChI is InChI=1S/C21H26N4O2S2/c1-4-24-14-19(18-7-9-22-12-20(18)24)16-8-10-25(13-16)29(26,27)17-5-6-21(23-11-17)28-15(2)3/h5-7,9,11-12,14-16H,4,8,10,13H2,1-3H3. The number of nitrogens with zero attached hydrogens (tertiary/aromatic N) is 4. The molecule has 6 nitrogen and oxygen atoms in total. The first-order chi connectivity index (χ1) is 13.9. The molecule has 0 N–H and O–H groups in total. The molecule has 0 amide bonds. The van der Waals surface area contributed by atoms with Crippen LogP contribution in [0.15, 0.2) is 52.9 Å². The average Bonchev–Trinajstić information content (AvgIpc) is 3.33. The third-order valence-electron chi connectivity index (χ3n) is 5.35. The topological polar surface area (TPSA) is 68.1 Å². The maximum absolute atomic E-state index is 13.1. The molecule has 3 aromatic heterocycles. The summed E-state index contributed by atoms with van der Waals surface area (Å²) in [5, 5.41) is 2.42. The molecule has 1 saturated heterocycles. The molecule has 0 aliphatic carbocycles. The maximum atomic E-state index is 13.1. The van der Waals surface area contributed by atoms with Gasteiger partial charge in [-0.05, 0) is 37.1 Å². The Morgan fingerprint density at radius 1 is 1.24 bits per heavy atom. The zero-order valence-corrected chi connectivity index (χ0v) is 18.6. The summed E-state index contributed by atoms with van der Waals surface area (Å²) in [6.45, 7) is 8.18. The van der Waals surface area contributed by atoms with Crippen molar-refractivity contribution in [3.8, 4) is 0 Å². The quantitative estimate of drug-likeness (QED) is 0.550. The molecule has 4 rings (SSSR count). The Labute approximate surface area is 176 Å². The van der Waals surface area contributed by atoms with Gasteiger partial charge in [0.05, 0.1) is 16.7 Å². The highest BCUT2D eigenvalue weighted by atomic mass is 32.2. The molecule has 1 aliphatic rings. The predicted octanol–water partition coefficient (Wildman–Crippen LogP) is 4.13. The van der Waals surface area contributed by atoms with Gasteiger partial charge in [0.25, 0.3) is 0 Å².